The van der Waals surface area contributed by atoms with Crippen LogP contribution in [0, 0.1) is 18.8 Å². The molecule has 0 bridgehead atoms. The third-order valence-corrected chi connectivity index (χ3v) is 7.97. The fourth-order valence-corrected chi connectivity index (χ4v) is 5.84. The van der Waals surface area contributed by atoms with E-state index >= 15 is 0 Å². The minimum absolute atomic E-state index is 0.192. The minimum atomic E-state index is -2.59. The van der Waals surface area contributed by atoms with E-state index in [1.807, 2.05) is 51.1 Å². The quantitative estimate of drug-likeness (QED) is 0.341. The first-order valence-electron chi connectivity index (χ1n) is 12.5. The van der Waals surface area contributed by atoms with Crippen LogP contribution in [-0.2, 0) is 9.73 Å². The van der Waals surface area contributed by atoms with Gasteiger partial charge in [0.05, 0.1) is 15.3 Å². The number of hydrogen-bond donors (Lipinski definition) is 1. The third kappa shape index (κ3) is 8.69. The average molecular weight is 516 g/mol. The molecule has 0 aliphatic carbocycles. The van der Waals surface area contributed by atoms with E-state index in [2.05, 4.69) is 26.5 Å². The number of pyridine rings is 1. The first kappa shape index (κ1) is 27.8. The van der Waals surface area contributed by atoms with E-state index in [0.29, 0.717) is 33.9 Å². The van der Waals surface area contributed by atoms with Gasteiger partial charge in [0.25, 0.3) is 11.8 Å². The van der Waals surface area contributed by atoms with E-state index in [4.69, 9.17) is 0 Å². The fraction of sp³-hybridized carbons (Fsp3) is 0.300. The molecular weight excluding hydrogens is 482 g/mol. The second-order valence-corrected chi connectivity index (χ2v) is 11.4. The van der Waals surface area contributed by atoms with Gasteiger partial charge in [-0.15, -0.1) is 0 Å². The number of nitrogens with zero attached hydrogens (tertiary/aromatic N) is 2. The summed E-state index contributed by atoms with van der Waals surface area (Å²) in [7, 11) is -2.59. The lowest BCUT2D eigenvalue weighted by Gasteiger charge is -2.08. The van der Waals surface area contributed by atoms with Gasteiger partial charge in [0.1, 0.15) is 0 Å². The first-order valence-corrected chi connectivity index (χ1v) is 14.4. The van der Waals surface area contributed by atoms with Gasteiger partial charge in [-0.05, 0) is 56.2 Å². The Morgan fingerprint density at radius 3 is 2.30 bits per heavy atom. The van der Waals surface area contributed by atoms with E-state index < -0.39 is 15.6 Å². The highest BCUT2D eigenvalue weighted by Crippen LogP contribution is 2.14. The molecule has 0 aliphatic heterocycles. The maximum absolute atomic E-state index is 13.2. The molecule has 0 unspecified atom stereocenters. The van der Waals surface area contributed by atoms with Crippen LogP contribution >= 0.6 is 0 Å². The monoisotopic (exact) mass is 515 g/mol. The molecule has 2 aromatic carbocycles. The Morgan fingerprint density at radius 1 is 0.892 bits per heavy atom. The molecule has 1 heterocycles. The predicted octanol–water partition coefficient (Wildman–Crippen LogP) is 6.25. The number of rotatable bonds is 9. The molecule has 0 aliphatic rings. The number of aryl methyl sites for hydroxylation is 1. The number of carbonyl (C=O) groups is 2. The Morgan fingerprint density at radius 2 is 1.59 bits per heavy atom. The molecule has 37 heavy (non-hydrogen) atoms. The van der Waals surface area contributed by atoms with Crippen LogP contribution in [-0.4, -0.2) is 32.5 Å². The van der Waals surface area contributed by atoms with Gasteiger partial charge < -0.3 is 5.32 Å². The number of anilines is 1. The zero-order valence-electron chi connectivity index (χ0n) is 21.6. The van der Waals surface area contributed by atoms with Crippen LogP contribution in [0.3, 0.4) is 0 Å². The number of aromatic nitrogens is 1. The zero-order valence-corrected chi connectivity index (χ0v) is 22.4. The van der Waals surface area contributed by atoms with Crippen molar-refractivity contribution in [2.24, 2.45) is 4.36 Å². The Balaban J connectivity index is 1.77. The predicted molar refractivity (Wildman–Crippen MR) is 150 cm³/mol. The van der Waals surface area contributed by atoms with Crippen LogP contribution < -0.4 is 5.32 Å². The number of amides is 2. The van der Waals surface area contributed by atoms with Gasteiger partial charge in [-0.1, -0.05) is 62.3 Å². The summed E-state index contributed by atoms with van der Waals surface area (Å²) >= 11 is 0. The lowest BCUT2D eigenvalue weighted by Crippen LogP contribution is -2.14. The van der Waals surface area contributed by atoms with Crippen molar-refractivity contribution in [1.29, 1.82) is 0 Å². The van der Waals surface area contributed by atoms with Crippen molar-refractivity contribution >= 4 is 27.2 Å². The van der Waals surface area contributed by atoms with Crippen molar-refractivity contribution in [3.63, 3.8) is 0 Å². The lowest BCUT2D eigenvalue weighted by atomic mass is 10.1. The maximum atomic E-state index is 13.2. The Bertz CT molecular complexity index is 1430. The molecule has 0 saturated carbocycles. The number of unbranched alkanes of at least 4 members (excludes halogenated alkanes) is 2. The molecule has 1 aromatic heterocycles. The van der Waals surface area contributed by atoms with Gasteiger partial charge in [0, 0.05) is 46.3 Å². The Hall–Kier alpha value is -3.76. The maximum Gasteiger partial charge on any atom is 0.286 e. The topological polar surface area (TPSA) is 88.5 Å². The third-order valence-electron chi connectivity index (χ3n) is 5.62. The summed E-state index contributed by atoms with van der Waals surface area (Å²) in [5.41, 5.74) is 3.75. The summed E-state index contributed by atoms with van der Waals surface area (Å²) in [5.74, 6) is 6.22. The standard InChI is InChI=1S/C30H33N3O3S/c1-4-6-16-37(36,17-7-5-2)33-30(35)27-19-25(21-31-22-27)15-14-24-11-9-13-28(20-24)32-29(34)26-12-8-10-23(3)18-26/h8-13,18-22H,4-7,16-17H2,1-3H3,(H,32,34). The van der Waals surface area contributed by atoms with Crippen molar-refractivity contribution in [3.05, 3.63) is 94.8 Å². The molecule has 7 heteroatoms. The zero-order chi connectivity index (χ0) is 26.7. The molecule has 1 N–H and O–H groups in total. The normalized spacial score (nSPS) is 10.8. The lowest BCUT2D eigenvalue weighted by molar-refractivity contribution is 0.100. The largest absolute Gasteiger partial charge is 0.322 e. The van der Waals surface area contributed by atoms with Gasteiger partial charge in [-0.3, -0.25) is 14.6 Å². The van der Waals surface area contributed by atoms with Crippen molar-refractivity contribution in [3.8, 4) is 11.8 Å². The molecule has 0 atom stereocenters. The molecule has 0 saturated heterocycles. The summed E-state index contributed by atoms with van der Waals surface area (Å²) in [4.78, 5) is 29.5. The minimum Gasteiger partial charge on any atom is -0.322 e. The van der Waals surface area contributed by atoms with Crippen LogP contribution in [0.25, 0.3) is 0 Å². The van der Waals surface area contributed by atoms with Crippen LogP contribution in [0.15, 0.2) is 71.4 Å². The van der Waals surface area contributed by atoms with Gasteiger partial charge >= 0.3 is 0 Å². The van der Waals surface area contributed by atoms with Crippen molar-refractivity contribution in [2.45, 2.75) is 46.5 Å². The summed E-state index contributed by atoms with van der Waals surface area (Å²) in [5, 5.41) is 2.90. The highest BCUT2D eigenvalue weighted by atomic mass is 32.2. The molecule has 6 nitrogen and oxygen atoms in total. The van der Waals surface area contributed by atoms with Crippen LogP contribution in [0.1, 0.15) is 76.9 Å². The van der Waals surface area contributed by atoms with Crippen LogP contribution in [0.2, 0.25) is 0 Å². The molecule has 3 rings (SSSR count). The van der Waals surface area contributed by atoms with Crippen LogP contribution in [0.4, 0.5) is 5.69 Å². The first-order chi connectivity index (χ1) is 17.8. The smallest absolute Gasteiger partial charge is 0.286 e. The number of hydrogen-bond acceptors (Lipinski definition) is 4. The molecule has 0 radical (unpaired) electrons. The number of benzene rings is 2. The summed E-state index contributed by atoms with van der Waals surface area (Å²) in [6, 6.07) is 16.3. The van der Waals surface area contributed by atoms with Crippen LogP contribution in [0.5, 0.6) is 0 Å². The highest BCUT2D eigenvalue weighted by molar-refractivity contribution is 7.93. The van der Waals surface area contributed by atoms with Gasteiger partial charge in [0.15, 0.2) is 0 Å². The van der Waals surface area contributed by atoms with E-state index in [1.165, 1.54) is 6.20 Å². The number of nitrogens with one attached hydrogen (secondary N) is 1. The molecule has 192 valence electrons. The summed E-state index contributed by atoms with van der Waals surface area (Å²) in [6.45, 7) is 6.00. The van der Waals surface area contributed by atoms with E-state index in [0.717, 1.165) is 31.2 Å². The van der Waals surface area contributed by atoms with E-state index in [1.54, 1.807) is 30.5 Å². The average Bonchev–Trinajstić information content (AvgIpc) is 2.90. The SMILES string of the molecule is CCCCS(=O)(CCCC)=NC(=O)c1cncc(C#Cc2cccc(NC(=O)c3cccc(C)c3)c2)c1. The molecule has 0 fully saturated rings. The molecular formula is C30H33N3O3S. The second kappa shape index (κ2) is 13.5. The molecule has 2 amide bonds. The van der Waals surface area contributed by atoms with E-state index in [9.17, 15) is 13.8 Å². The fourth-order valence-electron chi connectivity index (χ4n) is 3.57. The van der Waals surface area contributed by atoms with Gasteiger partial charge in [-0.25, -0.2) is 4.21 Å². The number of carbonyl (C=O) groups excluding carboxylic acids is 2. The van der Waals surface area contributed by atoms with Crippen molar-refractivity contribution in [2.75, 3.05) is 16.8 Å². The second-order valence-electron chi connectivity index (χ2n) is 8.90. The van der Waals surface area contributed by atoms with E-state index in [-0.39, 0.29) is 11.5 Å². The molecule has 3 aromatic rings. The van der Waals surface area contributed by atoms with Gasteiger partial charge in [0.2, 0.25) is 0 Å². The highest BCUT2D eigenvalue weighted by Gasteiger charge is 2.14. The summed E-state index contributed by atoms with van der Waals surface area (Å²) < 4.78 is 17.4. The Kier molecular flexibility index (Phi) is 10.2. The van der Waals surface area contributed by atoms with Gasteiger partial charge in [-0.2, -0.15) is 4.36 Å². The molecule has 0 spiro atoms. The Labute approximate surface area is 220 Å². The van der Waals surface area contributed by atoms with Crippen molar-refractivity contribution < 1.29 is 13.8 Å². The summed E-state index contributed by atoms with van der Waals surface area (Å²) in [6.07, 6.45) is 6.34. The van der Waals surface area contributed by atoms with Crippen molar-refractivity contribution in [1.82, 2.24) is 4.98 Å².